The molecule has 0 bridgehead atoms. The molecule has 3 aromatic rings. The molecule has 0 unspecified atom stereocenters. The second-order valence-corrected chi connectivity index (χ2v) is 4.46. The summed E-state index contributed by atoms with van der Waals surface area (Å²) in [7, 11) is 0. The molecule has 0 fully saturated rings. The predicted octanol–water partition coefficient (Wildman–Crippen LogP) is 4.98. The summed E-state index contributed by atoms with van der Waals surface area (Å²) in [6.45, 7) is 0. The van der Waals surface area contributed by atoms with Gasteiger partial charge in [0.2, 0.25) is 0 Å². The van der Waals surface area contributed by atoms with Crippen LogP contribution in [0.5, 0.6) is 28.7 Å². The Morgan fingerprint density at radius 1 is 0.571 bits per heavy atom. The highest BCUT2D eigenvalue weighted by Crippen LogP contribution is 2.35. The van der Waals surface area contributed by atoms with Gasteiger partial charge in [0.1, 0.15) is 17.2 Å². The molecule has 0 spiro atoms. The largest absolute Gasteiger partial charge is 0.504 e. The van der Waals surface area contributed by atoms with Crippen molar-refractivity contribution in [1.82, 2.24) is 0 Å². The van der Waals surface area contributed by atoms with Crippen molar-refractivity contribution in [2.45, 2.75) is 0 Å². The number of phenolic OH excluding ortho intramolecular Hbond substituents is 1. The van der Waals surface area contributed by atoms with Crippen molar-refractivity contribution in [2.75, 3.05) is 0 Å². The van der Waals surface area contributed by atoms with E-state index in [9.17, 15) is 5.11 Å². The first-order valence-electron chi connectivity index (χ1n) is 6.60. The van der Waals surface area contributed by atoms with Gasteiger partial charge in [0.25, 0.3) is 0 Å². The van der Waals surface area contributed by atoms with Crippen LogP contribution in [0.3, 0.4) is 0 Å². The van der Waals surface area contributed by atoms with Gasteiger partial charge in [-0.2, -0.15) is 0 Å². The molecule has 3 nitrogen and oxygen atoms in total. The zero-order valence-electron chi connectivity index (χ0n) is 11.3. The molecule has 0 aliphatic carbocycles. The van der Waals surface area contributed by atoms with E-state index in [4.69, 9.17) is 9.47 Å². The summed E-state index contributed by atoms with van der Waals surface area (Å²) in [6.07, 6.45) is 0. The molecule has 0 aliphatic heterocycles. The molecular weight excluding hydrogens is 264 g/mol. The Morgan fingerprint density at radius 3 is 1.76 bits per heavy atom. The lowest BCUT2D eigenvalue weighted by atomic mass is 10.3. The highest BCUT2D eigenvalue weighted by Gasteiger charge is 2.07. The van der Waals surface area contributed by atoms with E-state index >= 15 is 0 Å². The van der Waals surface area contributed by atoms with Gasteiger partial charge in [0.15, 0.2) is 11.5 Å². The monoisotopic (exact) mass is 278 g/mol. The van der Waals surface area contributed by atoms with E-state index in [1.807, 2.05) is 60.7 Å². The molecule has 1 N–H and O–H groups in total. The van der Waals surface area contributed by atoms with Gasteiger partial charge in [-0.1, -0.05) is 36.4 Å². The minimum absolute atomic E-state index is 0.0688. The van der Waals surface area contributed by atoms with Gasteiger partial charge in [-0.25, -0.2) is 0 Å². The van der Waals surface area contributed by atoms with Crippen LogP contribution in [0.15, 0.2) is 78.9 Å². The van der Waals surface area contributed by atoms with E-state index in [1.165, 1.54) is 0 Å². The summed E-state index contributed by atoms with van der Waals surface area (Å²) < 4.78 is 11.4. The molecule has 3 heteroatoms. The standard InChI is InChI=1S/C18H14O3/c19-17-12-11-16(20-14-7-3-1-4-8-14)13-18(17)21-15-9-5-2-6-10-15/h1-13,19H. The number of rotatable bonds is 4. The Morgan fingerprint density at radius 2 is 1.14 bits per heavy atom. The van der Waals surface area contributed by atoms with Crippen molar-refractivity contribution in [1.29, 1.82) is 0 Å². The summed E-state index contributed by atoms with van der Waals surface area (Å²) in [6, 6.07) is 23.7. The second kappa shape index (κ2) is 6.01. The average molecular weight is 278 g/mol. The fourth-order valence-electron chi connectivity index (χ4n) is 1.88. The highest BCUT2D eigenvalue weighted by atomic mass is 16.5. The molecule has 0 aliphatic rings. The van der Waals surface area contributed by atoms with Crippen molar-refractivity contribution in [3.05, 3.63) is 78.9 Å². The maximum absolute atomic E-state index is 9.88. The van der Waals surface area contributed by atoms with Crippen LogP contribution >= 0.6 is 0 Å². The van der Waals surface area contributed by atoms with Crippen molar-refractivity contribution in [2.24, 2.45) is 0 Å². The van der Waals surface area contributed by atoms with Gasteiger partial charge in [0, 0.05) is 6.07 Å². The Balaban J connectivity index is 1.83. The molecule has 21 heavy (non-hydrogen) atoms. The average Bonchev–Trinajstić information content (AvgIpc) is 2.53. The van der Waals surface area contributed by atoms with E-state index in [-0.39, 0.29) is 5.75 Å². The lowest BCUT2D eigenvalue weighted by Crippen LogP contribution is -1.87. The van der Waals surface area contributed by atoms with Crippen LogP contribution in [-0.4, -0.2) is 5.11 Å². The normalized spacial score (nSPS) is 10.1. The zero-order chi connectivity index (χ0) is 14.5. The quantitative estimate of drug-likeness (QED) is 0.731. The van der Waals surface area contributed by atoms with Crippen LogP contribution < -0.4 is 9.47 Å². The zero-order valence-corrected chi connectivity index (χ0v) is 11.3. The third-order valence-electron chi connectivity index (χ3n) is 2.88. The summed E-state index contributed by atoms with van der Waals surface area (Å²) in [5.74, 6) is 2.41. The lowest BCUT2D eigenvalue weighted by molar-refractivity contribution is 0.405. The SMILES string of the molecule is Oc1ccc(Oc2ccccc2)cc1Oc1ccccc1. The van der Waals surface area contributed by atoms with Crippen LogP contribution in [0, 0.1) is 0 Å². The summed E-state index contributed by atoms with van der Waals surface area (Å²) >= 11 is 0. The van der Waals surface area contributed by atoms with Gasteiger partial charge >= 0.3 is 0 Å². The molecule has 104 valence electrons. The molecule has 0 amide bonds. The van der Waals surface area contributed by atoms with Gasteiger partial charge in [-0.05, 0) is 36.4 Å². The maximum atomic E-state index is 9.88. The van der Waals surface area contributed by atoms with E-state index < -0.39 is 0 Å². The van der Waals surface area contributed by atoms with Crippen molar-refractivity contribution < 1.29 is 14.6 Å². The molecule has 0 atom stereocenters. The Labute approximate surface area is 123 Å². The van der Waals surface area contributed by atoms with Gasteiger partial charge < -0.3 is 14.6 Å². The smallest absolute Gasteiger partial charge is 0.172 e. The van der Waals surface area contributed by atoms with Crippen molar-refractivity contribution >= 4 is 0 Å². The molecule has 0 radical (unpaired) electrons. The number of hydrogen-bond donors (Lipinski definition) is 1. The Hall–Kier alpha value is -2.94. The van der Waals surface area contributed by atoms with E-state index in [2.05, 4.69) is 0 Å². The Kier molecular flexibility index (Phi) is 3.74. The summed E-state index contributed by atoms with van der Waals surface area (Å²) in [5, 5.41) is 9.88. The van der Waals surface area contributed by atoms with Crippen LogP contribution in [0.1, 0.15) is 0 Å². The lowest BCUT2D eigenvalue weighted by Gasteiger charge is -2.10. The maximum Gasteiger partial charge on any atom is 0.172 e. The topological polar surface area (TPSA) is 38.7 Å². The first-order chi connectivity index (χ1) is 10.3. The fraction of sp³-hybridized carbons (Fsp3) is 0. The molecular formula is C18H14O3. The molecule has 0 heterocycles. The number of ether oxygens (including phenoxy) is 2. The first-order valence-corrected chi connectivity index (χ1v) is 6.60. The molecule has 0 saturated carbocycles. The van der Waals surface area contributed by atoms with Crippen molar-refractivity contribution in [3.63, 3.8) is 0 Å². The predicted molar refractivity (Wildman–Crippen MR) is 81.1 cm³/mol. The molecule has 3 rings (SSSR count). The second-order valence-electron chi connectivity index (χ2n) is 4.46. The van der Waals surface area contributed by atoms with Gasteiger partial charge in [-0.15, -0.1) is 0 Å². The fourth-order valence-corrected chi connectivity index (χ4v) is 1.88. The minimum atomic E-state index is 0.0688. The molecule has 0 aromatic heterocycles. The van der Waals surface area contributed by atoms with Crippen LogP contribution in [0.4, 0.5) is 0 Å². The summed E-state index contributed by atoms with van der Waals surface area (Å²) in [4.78, 5) is 0. The summed E-state index contributed by atoms with van der Waals surface area (Å²) in [5.41, 5.74) is 0. The number of phenols is 1. The van der Waals surface area contributed by atoms with Gasteiger partial charge in [-0.3, -0.25) is 0 Å². The Bertz CT molecular complexity index is 709. The number of hydrogen-bond acceptors (Lipinski definition) is 3. The van der Waals surface area contributed by atoms with Crippen molar-refractivity contribution in [3.8, 4) is 28.7 Å². The number of benzene rings is 3. The number of aromatic hydroxyl groups is 1. The van der Waals surface area contributed by atoms with E-state index in [0.717, 1.165) is 5.75 Å². The highest BCUT2D eigenvalue weighted by molar-refractivity contribution is 5.47. The third-order valence-corrected chi connectivity index (χ3v) is 2.88. The van der Waals surface area contributed by atoms with Crippen LogP contribution in [-0.2, 0) is 0 Å². The third kappa shape index (κ3) is 3.34. The van der Waals surface area contributed by atoms with E-state index in [1.54, 1.807) is 18.2 Å². The van der Waals surface area contributed by atoms with Crippen LogP contribution in [0.25, 0.3) is 0 Å². The molecule has 3 aromatic carbocycles. The molecule has 0 saturated heterocycles. The number of para-hydroxylation sites is 2. The van der Waals surface area contributed by atoms with Gasteiger partial charge in [0.05, 0.1) is 0 Å². The minimum Gasteiger partial charge on any atom is -0.504 e. The first kappa shape index (κ1) is 13.1. The van der Waals surface area contributed by atoms with Crippen LogP contribution in [0.2, 0.25) is 0 Å². The van der Waals surface area contributed by atoms with E-state index in [0.29, 0.717) is 17.2 Å².